The Bertz CT molecular complexity index is 475. The van der Waals surface area contributed by atoms with Gasteiger partial charge < -0.3 is 9.47 Å². The van der Waals surface area contributed by atoms with E-state index in [9.17, 15) is 9.59 Å². The van der Waals surface area contributed by atoms with Gasteiger partial charge in [-0.1, -0.05) is 39.3 Å². The molecule has 0 aliphatic carbocycles. The average molecular weight is 328 g/mol. The first-order valence-corrected chi connectivity index (χ1v) is 7.58. The van der Waals surface area contributed by atoms with Crippen LogP contribution >= 0.6 is 11.6 Å². The number of rotatable bonds is 5. The molecule has 22 heavy (non-hydrogen) atoms. The van der Waals surface area contributed by atoms with Crippen molar-refractivity contribution in [2.75, 3.05) is 18.1 Å². The van der Waals surface area contributed by atoms with Crippen molar-refractivity contribution >= 4 is 29.5 Å². The number of hydrogen-bond acceptors (Lipinski definition) is 4. The van der Waals surface area contributed by atoms with Gasteiger partial charge in [0.15, 0.2) is 0 Å². The Balaban J connectivity index is 2.91. The predicted octanol–water partition coefficient (Wildman–Crippen LogP) is 4.73. The van der Waals surface area contributed by atoms with E-state index in [1.807, 2.05) is 27.7 Å². The van der Waals surface area contributed by atoms with Crippen LogP contribution in [0.5, 0.6) is 0 Å². The van der Waals surface area contributed by atoms with Gasteiger partial charge >= 0.3 is 12.2 Å². The number of carbonyl (C=O) groups excluding carboxylic acids is 2. The molecule has 0 N–H and O–H groups in total. The summed E-state index contributed by atoms with van der Waals surface area (Å²) in [5, 5.41) is 0.509. The average Bonchev–Trinajstić information content (AvgIpc) is 2.45. The Morgan fingerprint density at radius 3 is 1.73 bits per heavy atom. The first kappa shape index (κ1) is 18.3. The summed E-state index contributed by atoms with van der Waals surface area (Å²) in [5.74, 6) is 0.338. The number of carbonyl (C=O) groups is 2. The van der Waals surface area contributed by atoms with Crippen LogP contribution < -0.4 is 4.90 Å². The minimum Gasteiger partial charge on any atom is -0.448 e. The highest BCUT2D eigenvalue weighted by Crippen LogP contribution is 2.20. The number of nitrogens with zero attached hydrogens (tertiary/aromatic N) is 1. The van der Waals surface area contributed by atoms with Crippen molar-refractivity contribution in [3.05, 3.63) is 29.3 Å². The summed E-state index contributed by atoms with van der Waals surface area (Å²) in [4.78, 5) is 25.3. The second kappa shape index (κ2) is 8.63. The quantitative estimate of drug-likeness (QED) is 0.784. The summed E-state index contributed by atoms with van der Waals surface area (Å²) < 4.78 is 10.3. The monoisotopic (exact) mass is 327 g/mol. The predicted molar refractivity (Wildman–Crippen MR) is 86.3 cm³/mol. The Hall–Kier alpha value is -1.75. The Morgan fingerprint density at radius 2 is 1.36 bits per heavy atom. The summed E-state index contributed by atoms with van der Waals surface area (Å²) in [7, 11) is 0. The summed E-state index contributed by atoms with van der Waals surface area (Å²) in [5.41, 5.74) is 0.354. The van der Waals surface area contributed by atoms with Crippen LogP contribution in [0.15, 0.2) is 24.3 Å². The van der Waals surface area contributed by atoms with Gasteiger partial charge in [-0.05, 0) is 36.1 Å². The van der Waals surface area contributed by atoms with Crippen molar-refractivity contribution in [3.8, 4) is 0 Å². The molecule has 0 unspecified atom stereocenters. The number of anilines is 1. The van der Waals surface area contributed by atoms with Gasteiger partial charge in [-0.25, -0.2) is 9.59 Å². The summed E-state index contributed by atoms with van der Waals surface area (Å²) in [6.07, 6.45) is -1.52. The van der Waals surface area contributed by atoms with E-state index >= 15 is 0 Å². The van der Waals surface area contributed by atoms with Gasteiger partial charge in [0.2, 0.25) is 0 Å². The van der Waals surface area contributed by atoms with Crippen LogP contribution in [-0.4, -0.2) is 25.4 Å². The lowest BCUT2D eigenvalue weighted by Crippen LogP contribution is -2.39. The third-order valence-electron chi connectivity index (χ3n) is 2.53. The molecule has 0 heterocycles. The molecule has 6 heteroatoms. The number of ether oxygens (including phenoxy) is 2. The van der Waals surface area contributed by atoms with Gasteiger partial charge in [-0.15, -0.1) is 0 Å². The molecule has 0 bridgehead atoms. The van der Waals surface area contributed by atoms with Gasteiger partial charge in [0.1, 0.15) is 0 Å². The first-order chi connectivity index (χ1) is 10.3. The van der Waals surface area contributed by atoms with E-state index in [1.165, 1.54) is 0 Å². The molecule has 5 nitrogen and oxygen atoms in total. The normalized spacial score (nSPS) is 10.7. The van der Waals surface area contributed by atoms with Crippen LogP contribution in [0.2, 0.25) is 5.02 Å². The minimum atomic E-state index is -0.759. The molecule has 0 spiro atoms. The molecule has 0 aliphatic rings. The molecule has 0 aromatic heterocycles. The van der Waals surface area contributed by atoms with E-state index in [0.29, 0.717) is 10.7 Å². The maximum atomic E-state index is 12.2. The molecule has 0 radical (unpaired) electrons. The topological polar surface area (TPSA) is 55.8 Å². The highest BCUT2D eigenvalue weighted by atomic mass is 35.5. The van der Waals surface area contributed by atoms with E-state index in [0.717, 1.165) is 4.90 Å². The van der Waals surface area contributed by atoms with Gasteiger partial charge in [-0.2, -0.15) is 4.90 Å². The Kier molecular flexibility index (Phi) is 7.18. The van der Waals surface area contributed by atoms with Crippen molar-refractivity contribution in [2.45, 2.75) is 27.7 Å². The third-order valence-corrected chi connectivity index (χ3v) is 2.78. The Morgan fingerprint density at radius 1 is 0.955 bits per heavy atom. The minimum absolute atomic E-state index is 0.169. The standard InChI is InChI=1S/C16H22ClNO4/c1-11(2)9-21-15(19)18(16(20)22-10-12(3)4)14-7-5-13(17)6-8-14/h5-8,11-12H,9-10H2,1-4H3. The highest BCUT2D eigenvalue weighted by molar-refractivity contribution is 6.30. The second-order valence-corrected chi connectivity index (χ2v) is 6.19. The van der Waals surface area contributed by atoms with Crippen LogP contribution in [0, 0.1) is 11.8 Å². The van der Waals surface area contributed by atoms with E-state index in [-0.39, 0.29) is 25.0 Å². The van der Waals surface area contributed by atoms with Gasteiger partial charge in [0.05, 0.1) is 18.9 Å². The van der Waals surface area contributed by atoms with Crippen LogP contribution in [0.25, 0.3) is 0 Å². The summed E-state index contributed by atoms with van der Waals surface area (Å²) in [6, 6.07) is 6.32. The molecule has 2 amide bonds. The van der Waals surface area contributed by atoms with E-state index in [4.69, 9.17) is 21.1 Å². The van der Waals surface area contributed by atoms with Gasteiger partial charge in [-0.3, -0.25) is 0 Å². The van der Waals surface area contributed by atoms with Crippen molar-refractivity contribution in [1.29, 1.82) is 0 Å². The lowest BCUT2D eigenvalue weighted by atomic mass is 10.2. The van der Waals surface area contributed by atoms with E-state index < -0.39 is 12.2 Å². The Labute approximate surface area is 136 Å². The fraction of sp³-hybridized carbons (Fsp3) is 0.500. The molecule has 0 aliphatic heterocycles. The fourth-order valence-corrected chi connectivity index (χ4v) is 1.61. The first-order valence-electron chi connectivity index (χ1n) is 7.20. The van der Waals surface area contributed by atoms with Crippen LogP contribution in [0.3, 0.4) is 0 Å². The van der Waals surface area contributed by atoms with Gasteiger partial charge in [0, 0.05) is 5.02 Å². The zero-order valence-corrected chi connectivity index (χ0v) is 14.1. The number of hydrogen-bond donors (Lipinski definition) is 0. The van der Waals surface area contributed by atoms with Crippen LogP contribution in [-0.2, 0) is 9.47 Å². The molecule has 122 valence electrons. The molecule has 0 atom stereocenters. The molecule has 0 saturated carbocycles. The third kappa shape index (κ3) is 5.93. The second-order valence-electron chi connectivity index (χ2n) is 5.75. The summed E-state index contributed by atoms with van der Waals surface area (Å²) >= 11 is 5.83. The zero-order chi connectivity index (χ0) is 16.7. The molecule has 0 fully saturated rings. The SMILES string of the molecule is CC(C)COC(=O)N(C(=O)OCC(C)C)c1ccc(Cl)cc1. The molecular formula is C16H22ClNO4. The number of benzene rings is 1. The maximum Gasteiger partial charge on any atom is 0.424 e. The zero-order valence-electron chi connectivity index (χ0n) is 13.3. The van der Waals surface area contributed by atoms with Crippen LogP contribution in [0.4, 0.5) is 15.3 Å². The van der Waals surface area contributed by atoms with Crippen molar-refractivity contribution < 1.29 is 19.1 Å². The lowest BCUT2D eigenvalue weighted by molar-refractivity contribution is 0.121. The molecule has 1 aromatic carbocycles. The van der Waals surface area contributed by atoms with Crippen molar-refractivity contribution in [1.82, 2.24) is 0 Å². The van der Waals surface area contributed by atoms with Crippen LogP contribution in [0.1, 0.15) is 27.7 Å². The number of halogens is 1. The number of imide groups is 1. The van der Waals surface area contributed by atoms with Crippen molar-refractivity contribution in [3.63, 3.8) is 0 Å². The molecule has 0 saturated heterocycles. The highest BCUT2D eigenvalue weighted by Gasteiger charge is 2.27. The van der Waals surface area contributed by atoms with E-state index in [1.54, 1.807) is 24.3 Å². The fourth-order valence-electron chi connectivity index (χ4n) is 1.48. The number of amides is 2. The largest absolute Gasteiger partial charge is 0.448 e. The maximum absolute atomic E-state index is 12.2. The smallest absolute Gasteiger partial charge is 0.424 e. The van der Waals surface area contributed by atoms with E-state index in [2.05, 4.69) is 0 Å². The summed E-state index contributed by atoms with van der Waals surface area (Å²) in [6.45, 7) is 8.10. The van der Waals surface area contributed by atoms with Gasteiger partial charge in [0.25, 0.3) is 0 Å². The van der Waals surface area contributed by atoms with Crippen molar-refractivity contribution in [2.24, 2.45) is 11.8 Å². The molecular weight excluding hydrogens is 306 g/mol. The molecule has 1 aromatic rings. The lowest BCUT2D eigenvalue weighted by Gasteiger charge is -2.21. The molecule has 1 rings (SSSR count).